The molecule has 0 spiro atoms. The molecule has 0 heterocycles. The first kappa shape index (κ1) is 19.4. The summed E-state index contributed by atoms with van der Waals surface area (Å²) in [6.07, 6.45) is 2.47. The Morgan fingerprint density at radius 1 is 1.15 bits per heavy atom. The highest BCUT2D eigenvalue weighted by molar-refractivity contribution is 5.97. The third-order valence-electron chi connectivity index (χ3n) is 5.57. The Labute approximate surface area is 159 Å². The average Bonchev–Trinajstić information content (AvgIpc) is 3.33. The van der Waals surface area contributed by atoms with E-state index < -0.39 is 5.97 Å². The molecule has 1 aromatic carbocycles. The van der Waals surface area contributed by atoms with Gasteiger partial charge in [0.25, 0.3) is 5.91 Å². The van der Waals surface area contributed by atoms with Gasteiger partial charge < -0.3 is 15.7 Å². The molecule has 2 unspecified atom stereocenters. The zero-order valence-corrected chi connectivity index (χ0v) is 15.8. The SMILES string of the molecule is CCN(CC(=O)O)C1CC(NC(=O)c2ccc(NC(=O)C3CC3C)cc2)C1. The summed E-state index contributed by atoms with van der Waals surface area (Å²) < 4.78 is 0. The van der Waals surface area contributed by atoms with E-state index in [4.69, 9.17) is 5.11 Å². The van der Waals surface area contributed by atoms with E-state index in [1.54, 1.807) is 24.3 Å². The van der Waals surface area contributed by atoms with E-state index in [0.29, 0.717) is 23.7 Å². The molecule has 1 aromatic rings. The van der Waals surface area contributed by atoms with Gasteiger partial charge in [-0.2, -0.15) is 0 Å². The van der Waals surface area contributed by atoms with Crippen LogP contribution in [0.4, 0.5) is 5.69 Å². The summed E-state index contributed by atoms with van der Waals surface area (Å²) >= 11 is 0. The van der Waals surface area contributed by atoms with Gasteiger partial charge in [-0.15, -0.1) is 0 Å². The van der Waals surface area contributed by atoms with E-state index in [0.717, 1.165) is 19.3 Å². The summed E-state index contributed by atoms with van der Waals surface area (Å²) in [5.41, 5.74) is 1.25. The van der Waals surface area contributed by atoms with Gasteiger partial charge in [-0.05, 0) is 56.0 Å². The Hall–Kier alpha value is -2.41. The minimum absolute atomic E-state index is 0.0364. The fourth-order valence-electron chi connectivity index (χ4n) is 3.57. The topological polar surface area (TPSA) is 98.7 Å². The van der Waals surface area contributed by atoms with Crippen molar-refractivity contribution in [1.29, 1.82) is 0 Å². The number of nitrogens with zero attached hydrogens (tertiary/aromatic N) is 1. The van der Waals surface area contributed by atoms with Gasteiger partial charge in [-0.25, -0.2) is 0 Å². The zero-order valence-electron chi connectivity index (χ0n) is 15.8. The summed E-state index contributed by atoms with van der Waals surface area (Å²) in [7, 11) is 0. The highest BCUT2D eigenvalue weighted by Crippen LogP contribution is 2.38. The van der Waals surface area contributed by atoms with Crippen LogP contribution in [0.5, 0.6) is 0 Å². The lowest BCUT2D eigenvalue weighted by molar-refractivity contribution is -0.139. The number of rotatable bonds is 8. The molecule has 2 fully saturated rings. The molecular weight excluding hydrogens is 346 g/mol. The number of carbonyl (C=O) groups excluding carboxylic acids is 2. The fraction of sp³-hybridized carbons (Fsp3) is 0.550. The molecule has 7 nitrogen and oxygen atoms in total. The molecular formula is C20H27N3O4. The molecule has 0 aromatic heterocycles. The predicted molar refractivity (Wildman–Crippen MR) is 102 cm³/mol. The maximum Gasteiger partial charge on any atom is 0.317 e. The number of benzene rings is 1. The standard InChI is InChI=1S/C20H27N3O4/c1-3-23(11-18(24)25)16-9-15(10-16)22-19(26)13-4-6-14(7-5-13)21-20(27)17-8-12(17)2/h4-7,12,15-17H,3,8-11H2,1-2H3,(H,21,27)(H,22,26)(H,24,25). The molecule has 2 aliphatic rings. The highest BCUT2D eigenvalue weighted by atomic mass is 16.4. The van der Waals surface area contributed by atoms with Gasteiger partial charge in [0.1, 0.15) is 0 Å². The van der Waals surface area contributed by atoms with Gasteiger partial charge >= 0.3 is 5.97 Å². The molecule has 3 rings (SSSR count). The second-order valence-electron chi connectivity index (χ2n) is 7.64. The summed E-state index contributed by atoms with van der Waals surface area (Å²) in [5, 5.41) is 14.8. The Morgan fingerprint density at radius 3 is 2.30 bits per heavy atom. The van der Waals surface area contributed by atoms with Crippen LogP contribution in [-0.4, -0.2) is 53.0 Å². The summed E-state index contributed by atoms with van der Waals surface area (Å²) in [5.74, 6) is -0.355. The monoisotopic (exact) mass is 373 g/mol. The van der Waals surface area contributed by atoms with Crippen LogP contribution in [-0.2, 0) is 9.59 Å². The Balaban J connectivity index is 1.45. The number of anilines is 1. The van der Waals surface area contributed by atoms with Gasteiger partial charge in [0, 0.05) is 29.3 Å². The van der Waals surface area contributed by atoms with Gasteiger partial charge in [0.15, 0.2) is 0 Å². The number of carboxylic acids is 1. The van der Waals surface area contributed by atoms with E-state index in [1.807, 2.05) is 11.8 Å². The maximum atomic E-state index is 12.4. The molecule has 0 saturated heterocycles. The third-order valence-corrected chi connectivity index (χ3v) is 5.57. The smallest absolute Gasteiger partial charge is 0.317 e. The number of likely N-dealkylation sites (N-methyl/N-ethyl adjacent to an activating group) is 1. The van der Waals surface area contributed by atoms with E-state index in [-0.39, 0.29) is 36.4 Å². The van der Waals surface area contributed by atoms with Gasteiger partial charge in [0.2, 0.25) is 5.91 Å². The normalized spacial score (nSPS) is 26.2. The van der Waals surface area contributed by atoms with E-state index in [9.17, 15) is 14.4 Å². The van der Waals surface area contributed by atoms with E-state index >= 15 is 0 Å². The first-order valence-corrected chi connectivity index (χ1v) is 9.55. The largest absolute Gasteiger partial charge is 0.480 e. The molecule has 0 bridgehead atoms. The van der Waals surface area contributed by atoms with Crippen molar-refractivity contribution >= 4 is 23.5 Å². The van der Waals surface area contributed by atoms with Crippen molar-refractivity contribution in [2.75, 3.05) is 18.4 Å². The molecule has 2 saturated carbocycles. The van der Waals surface area contributed by atoms with Crippen LogP contribution in [0.1, 0.15) is 43.5 Å². The molecule has 0 radical (unpaired) electrons. The van der Waals surface area contributed by atoms with Crippen molar-refractivity contribution < 1.29 is 19.5 Å². The number of carbonyl (C=O) groups is 3. The lowest BCUT2D eigenvalue weighted by atomic mass is 9.85. The predicted octanol–water partition coefficient (Wildman–Crippen LogP) is 1.95. The van der Waals surface area contributed by atoms with Crippen molar-refractivity contribution in [3.63, 3.8) is 0 Å². The van der Waals surface area contributed by atoms with Crippen LogP contribution < -0.4 is 10.6 Å². The number of amides is 2. The molecule has 27 heavy (non-hydrogen) atoms. The summed E-state index contributed by atoms with van der Waals surface area (Å²) in [6.45, 7) is 4.72. The van der Waals surface area contributed by atoms with Crippen molar-refractivity contribution in [2.24, 2.45) is 11.8 Å². The number of hydrogen-bond acceptors (Lipinski definition) is 4. The van der Waals surface area contributed by atoms with Gasteiger partial charge in [-0.3, -0.25) is 19.3 Å². The highest BCUT2D eigenvalue weighted by Gasteiger charge is 2.39. The summed E-state index contributed by atoms with van der Waals surface area (Å²) in [4.78, 5) is 37.1. The van der Waals surface area contributed by atoms with Crippen LogP contribution in [0.15, 0.2) is 24.3 Å². The summed E-state index contributed by atoms with van der Waals surface area (Å²) in [6, 6.07) is 7.19. The number of nitrogens with one attached hydrogen (secondary N) is 2. The van der Waals surface area contributed by atoms with Crippen molar-refractivity contribution in [3.05, 3.63) is 29.8 Å². The third kappa shape index (κ3) is 4.86. The van der Waals surface area contributed by atoms with Crippen LogP contribution in [0.3, 0.4) is 0 Å². The van der Waals surface area contributed by atoms with E-state index in [1.165, 1.54) is 0 Å². The molecule has 7 heteroatoms. The van der Waals surface area contributed by atoms with Gasteiger partial charge in [-0.1, -0.05) is 13.8 Å². The molecule has 0 aliphatic heterocycles. The van der Waals surface area contributed by atoms with Crippen LogP contribution in [0, 0.1) is 11.8 Å². The fourth-order valence-corrected chi connectivity index (χ4v) is 3.57. The second kappa shape index (κ2) is 8.08. The average molecular weight is 373 g/mol. The second-order valence-corrected chi connectivity index (χ2v) is 7.64. The van der Waals surface area contributed by atoms with Crippen molar-refractivity contribution in [1.82, 2.24) is 10.2 Å². The Bertz CT molecular complexity index is 712. The van der Waals surface area contributed by atoms with E-state index in [2.05, 4.69) is 17.6 Å². The molecule has 2 atom stereocenters. The van der Waals surface area contributed by atoms with Crippen LogP contribution in [0.2, 0.25) is 0 Å². The molecule has 2 amide bonds. The zero-order chi connectivity index (χ0) is 19.6. The minimum atomic E-state index is -0.826. The molecule has 3 N–H and O–H groups in total. The first-order chi connectivity index (χ1) is 12.9. The van der Waals surface area contributed by atoms with Crippen molar-refractivity contribution in [2.45, 2.75) is 45.2 Å². The quantitative estimate of drug-likeness (QED) is 0.647. The molecule has 2 aliphatic carbocycles. The lowest BCUT2D eigenvalue weighted by Crippen LogP contribution is -2.54. The number of hydrogen-bond donors (Lipinski definition) is 3. The van der Waals surface area contributed by atoms with Crippen molar-refractivity contribution in [3.8, 4) is 0 Å². The number of carboxylic acid groups (broad SMARTS) is 1. The first-order valence-electron chi connectivity index (χ1n) is 9.55. The van der Waals surface area contributed by atoms with Crippen LogP contribution in [0.25, 0.3) is 0 Å². The Morgan fingerprint density at radius 2 is 1.78 bits per heavy atom. The Kier molecular flexibility index (Phi) is 5.79. The van der Waals surface area contributed by atoms with Crippen LogP contribution >= 0.6 is 0 Å². The lowest BCUT2D eigenvalue weighted by Gasteiger charge is -2.42. The minimum Gasteiger partial charge on any atom is -0.480 e. The maximum absolute atomic E-state index is 12.4. The number of aliphatic carboxylic acids is 1. The van der Waals surface area contributed by atoms with Gasteiger partial charge in [0.05, 0.1) is 6.54 Å². The molecule has 146 valence electrons.